The van der Waals surface area contributed by atoms with E-state index in [9.17, 15) is 14.7 Å². The van der Waals surface area contributed by atoms with Crippen LogP contribution in [0.2, 0.25) is 0 Å². The van der Waals surface area contributed by atoms with Gasteiger partial charge in [0.2, 0.25) is 0 Å². The predicted octanol–water partition coefficient (Wildman–Crippen LogP) is 7.52. The molecule has 0 radical (unpaired) electrons. The molecule has 2 N–H and O–H groups in total. The molecule has 2 amide bonds. The molecular formula is C33H49F2N5O5. The number of aromatic nitrogens is 3. The van der Waals surface area contributed by atoms with Gasteiger partial charge in [-0.15, -0.1) is 0 Å². The zero-order chi connectivity index (χ0) is 33.5. The normalized spacial score (nSPS) is 22.5. The Hall–Kier alpha value is -3.28. The molecule has 250 valence electrons. The van der Waals surface area contributed by atoms with E-state index in [-0.39, 0.29) is 23.6 Å². The molecule has 0 saturated heterocycles. The monoisotopic (exact) mass is 633 g/mol. The van der Waals surface area contributed by atoms with Crippen LogP contribution in [0.5, 0.6) is 0 Å². The Morgan fingerprint density at radius 1 is 1.00 bits per heavy atom. The number of carbonyl (C=O) groups excluding carboxylic acids is 2. The van der Waals surface area contributed by atoms with Crippen LogP contribution in [0.25, 0.3) is 0 Å². The fourth-order valence-electron chi connectivity index (χ4n) is 5.83. The fourth-order valence-corrected chi connectivity index (χ4v) is 5.83. The number of hydrogen-bond donors (Lipinski definition) is 2. The zero-order valence-electron chi connectivity index (χ0n) is 28.0. The van der Waals surface area contributed by atoms with E-state index in [4.69, 9.17) is 14.6 Å². The van der Waals surface area contributed by atoms with Gasteiger partial charge >= 0.3 is 12.2 Å². The number of aliphatic hydroxyl groups is 1. The molecule has 0 aromatic carbocycles. The molecule has 2 atom stereocenters. The topological polar surface area (TPSA) is 119 Å². The largest absolute Gasteiger partial charge is 0.444 e. The Morgan fingerprint density at radius 2 is 1.64 bits per heavy atom. The standard InChI is InChI=1S/C33H49F2N5O5/c1-30(2,3)40-27(18-25(38-40)21-10-11-24(41)16-21)39(29(43)45-32(7,8)9)23-12-13-36-26(17-23)33(34,35)19-20-14-22(15-20)37-28(42)44-31(4,5)6/h12-13,17-18,20-22,24,41H,10-11,14-16,19H2,1-9H3,(H,37,42)/t20?,21-,22?,24+/m0/s1. The number of carbonyl (C=O) groups is 2. The predicted molar refractivity (Wildman–Crippen MR) is 167 cm³/mol. The van der Waals surface area contributed by atoms with E-state index in [0.29, 0.717) is 31.5 Å². The van der Waals surface area contributed by atoms with Crippen molar-refractivity contribution in [2.24, 2.45) is 5.92 Å². The molecular weight excluding hydrogens is 584 g/mol. The van der Waals surface area contributed by atoms with Crippen molar-refractivity contribution in [3.63, 3.8) is 0 Å². The molecule has 0 aliphatic heterocycles. The second-order valence-corrected chi connectivity index (χ2v) is 15.5. The van der Waals surface area contributed by atoms with Gasteiger partial charge in [-0.1, -0.05) is 0 Å². The maximum Gasteiger partial charge on any atom is 0.420 e. The van der Waals surface area contributed by atoms with Gasteiger partial charge < -0.3 is 19.9 Å². The summed E-state index contributed by atoms with van der Waals surface area (Å²) in [6.45, 7) is 16.3. The Kier molecular flexibility index (Phi) is 9.60. The number of halogens is 2. The van der Waals surface area contributed by atoms with Crippen LogP contribution in [0.4, 0.5) is 29.9 Å². The summed E-state index contributed by atoms with van der Waals surface area (Å²) >= 11 is 0. The van der Waals surface area contributed by atoms with Crippen molar-refractivity contribution in [1.82, 2.24) is 20.1 Å². The van der Waals surface area contributed by atoms with E-state index in [1.54, 1.807) is 52.3 Å². The van der Waals surface area contributed by atoms with Gasteiger partial charge in [0.25, 0.3) is 5.92 Å². The molecule has 0 spiro atoms. The second-order valence-electron chi connectivity index (χ2n) is 15.5. The number of pyridine rings is 1. The Balaban J connectivity index is 1.61. The minimum Gasteiger partial charge on any atom is -0.444 e. The fraction of sp³-hybridized carbons (Fsp3) is 0.697. The molecule has 2 fully saturated rings. The Labute approximate surface area is 264 Å². The maximum absolute atomic E-state index is 15.7. The first kappa shape index (κ1) is 34.6. The van der Waals surface area contributed by atoms with Crippen LogP contribution in [0.15, 0.2) is 24.4 Å². The van der Waals surface area contributed by atoms with Gasteiger partial charge in [0.05, 0.1) is 23.0 Å². The lowest BCUT2D eigenvalue weighted by Gasteiger charge is -2.37. The summed E-state index contributed by atoms with van der Waals surface area (Å²) < 4.78 is 44.2. The van der Waals surface area contributed by atoms with Crippen molar-refractivity contribution >= 4 is 23.7 Å². The van der Waals surface area contributed by atoms with Gasteiger partial charge in [-0.25, -0.2) is 19.2 Å². The first-order valence-electron chi connectivity index (χ1n) is 15.8. The van der Waals surface area contributed by atoms with Gasteiger partial charge in [-0.05, 0) is 112 Å². The summed E-state index contributed by atoms with van der Waals surface area (Å²) in [6, 6.07) is 4.31. The van der Waals surface area contributed by atoms with Crippen LogP contribution in [0.1, 0.15) is 118 Å². The van der Waals surface area contributed by atoms with Crippen LogP contribution in [0.3, 0.4) is 0 Å². The summed E-state index contributed by atoms with van der Waals surface area (Å²) in [4.78, 5) is 31.2. The number of aliphatic hydroxyl groups excluding tert-OH is 1. The number of alkyl halides is 2. The number of nitrogens with zero attached hydrogens (tertiary/aromatic N) is 4. The summed E-state index contributed by atoms with van der Waals surface area (Å²) in [5, 5.41) is 17.8. The van der Waals surface area contributed by atoms with Gasteiger partial charge in [0.1, 0.15) is 22.7 Å². The lowest BCUT2D eigenvalue weighted by atomic mass is 9.76. The zero-order valence-corrected chi connectivity index (χ0v) is 28.0. The molecule has 0 bridgehead atoms. The van der Waals surface area contributed by atoms with E-state index in [0.717, 1.165) is 12.1 Å². The van der Waals surface area contributed by atoms with Crippen molar-refractivity contribution in [3.8, 4) is 0 Å². The van der Waals surface area contributed by atoms with Crippen molar-refractivity contribution in [3.05, 3.63) is 35.8 Å². The summed E-state index contributed by atoms with van der Waals surface area (Å²) in [7, 11) is 0. The lowest BCUT2D eigenvalue weighted by molar-refractivity contribution is -0.0480. The Morgan fingerprint density at radius 3 is 2.20 bits per heavy atom. The van der Waals surface area contributed by atoms with Crippen LogP contribution < -0.4 is 10.2 Å². The SMILES string of the molecule is CC(C)(C)OC(=O)NC1CC(CC(F)(F)c2cc(N(C(=O)OC(C)(C)C)c3cc([C@H]4CC[C@@H](O)C4)nn3C(C)(C)C)ccn2)C1. The molecule has 0 unspecified atom stereocenters. The third kappa shape index (κ3) is 8.92. The van der Waals surface area contributed by atoms with Crippen LogP contribution in [-0.2, 0) is 20.9 Å². The number of alkyl carbamates (subject to hydrolysis) is 1. The summed E-state index contributed by atoms with van der Waals surface area (Å²) in [5.74, 6) is -3.22. The van der Waals surface area contributed by atoms with Crippen LogP contribution in [-0.4, -0.2) is 55.4 Å². The van der Waals surface area contributed by atoms with E-state index in [1.165, 1.54) is 23.2 Å². The number of ether oxygens (including phenoxy) is 2. The molecule has 2 saturated carbocycles. The van der Waals surface area contributed by atoms with E-state index in [1.807, 2.05) is 20.8 Å². The second kappa shape index (κ2) is 12.5. The number of anilines is 2. The molecule has 12 heteroatoms. The van der Waals surface area contributed by atoms with Crippen molar-refractivity contribution in [2.75, 3.05) is 4.90 Å². The van der Waals surface area contributed by atoms with Crippen LogP contribution in [0, 0.1) is 5.92 Å². The molecule has 2 heterocycles. The van der Waals surface area contributed by atoms with Gasteiger partial charge in [-0.3, -0.25) is 4.98 Å². The number of nitrogens with one attached hydrogen (secondary N) is 1. The third-order valence-corrected chi connectivity index (χ3v) is 7.85. The van der Waals surface area contributed by atoms with Crippen molar-refractivity contribution in [1.29, 1.82) is 0 Å². The van der Waals surface area contributed by atoms with Crippen LogP contribution >= 0.6 is 0 Å². The average Bonchev–Trinajstić information content (AvgIpc) is 3.47. The highest BCUT2D eigenvalue weighted by atomic mass is 19.3. The van der Waals surface area contributed by atoms with Gasteiger partial charge in [-0.2, -0.15) is 13.9 Å². The minimum atomic E-state index is -3.29. The molecule has 10 nitrogen and oxygen atoms in total. The molecule has 2 aromatic heterocycles. The molecule has 45 heavy (non-hydrogen) atoms. The van der Waals surface area contributed by atoms with Gasteiger partial charge in [0.15, 0.2) is 0 Å². The highest BCUT2D eigenvalue weighted by Gasteiger charge is 2.43. The van der Waals surface area contributed by atoms with E-state index >= 15 is 8.78 Å². The van der Waals surface area contributed by atoms with E-state index in [2.05, 4.69) is 10.3 Å². The quantitative estimate of drug-likeness (QED) is 0.324. The number of amides is 2. The lowest BCUT2D eigenvalue weighted by Crippen LogP contribution is -2.47. The van der Waals surface area contributed by atoms with Crippen molar-refractivity contribution in [2.45, 2.75) is 142 Å². The molecule has 2 aliphatic rings. The number of hydrogen-bond acceptors (Lipinski definition) is 7. The highest BCUT2D eigenvalue weighted by molar-refractivity contribution is 5.95. The maximum atomic E-state index is 15.7. The third-order valence-electron chi connectivity index (χ3n) is 7.85. The summed E-state index contributed by atoms with van der Waals surface area (Å²) in [5.41, 5.74) is -1.62. The molecule has 4 rings (SSSR count). The Bertz CT molecular complexity index is 1370. The molecule has 2 aliphatic carbocycles. The highest BCUT2D eigenvalue weighted by Crippen LogP contribution is 2.43. The first-order chi connectivity index (χ1) is 20.6. The average molecular weight is 634 g/mol. The van der Waals surface area contributed by atoms with Gasteiger partial charge in [0, 0.05) is 30.6 Å². The minimum absolute atomic E-state index is 0.0104. The first-order valence-corrected chi connectivity index (χ1v) is 15.8. The molecule has 2 aromatic rings. The van der Waals surface area contributed by atoms with E-state index < -0.39 is 53.1 Å². The van der Waals surface area contributed by atoms with Crippen molar-refractivity contribution < 1.29 is 33.0 Å². The summed E-state index contributed by atoms with van der Waals surface area (Å²) in [6.07, 6.45) is 1.92. The smallest absolute Gasteiger partial charge is 0.420 e. The number of rotatable bonds is 7.